The highest BCUT2D eigenvalue weighted by Crippen LogP contribution is 2.39. The lowest BCUT2D eigenvalue weighted by Crippen LogP contribution is -2.36. The van der Waals surface area contributed by atoms with Gasteiger partial charge in [0, 0.05) is 30.1 Å². The standard InChI is InChI=1S/C24H19F7N4O/c1-13(20-18(5-6-19(25)34-20)21-32-7-2-8-33-21)35(12-14-3-4-14)22(36)15-9-16(23(26,27)28)11-17(10-15)24(29,30)31/h2,5-11,13-14H,3-4,12H2,1H3. The number of amides is 1. The predicted octanol–water partition coefficient (Wildman–Crippen LogP) is 6.33. The minimum Gasteiger partial charge on any atom is -0.330 e. The van der Waals surface area contributed by atoms with E-state index in [1.165, 1.54) is 25.4 Å². The summed E-state index contributed by atoms with van der Waals surface area (Å²) < 4.78 is 94.4. The Hall–Kier alpha value is -3.57. The summed E-state index contributed by atoms with van der Waals surface area (Å²) in [6, 6.07) is 3.71. The van der Waals surface area contributed by atoms with Gasteiger partial charge in [0.05, 0.1) is 22.9 Å². The van der Waals surface area contributed by atoms with Gasteiger partial charge < -0.3 is 4.90 Å². The minimum atomic E-state index is -5.11. The molecular formula is C24H19F7N4O. The average molecular weight is 512 g/mol. The number of alkyl halides is 6. The van der Waals surface area contributed by atoms with Gasteiger partial charge in [0.25, 0.3) is 5.91 Å². The topological polar surface area (TPSA) is 59.0 Å². The zero-order valence-electron chi connectivity index (χ0n) is 18.7. The highest BCUT2D eigenvalue weighted by Gasteiger charge is 2.39. The molecule has 1 fully saturated rings. The molecule has 36 heavy (non-hydrogen) atoms. The molecule has 1 unspecified atom stereocenters. The van der Waals surface area contributed by atoms with Crippen molar-refractivity contribution < 1.29 is 35.5 Å². The van der Waals surface area contributed by atoms with Gasteiger partial charge in [-0.1, -0.05) is 0 Å². The Balaban J connectivity index is 1.80. The fourth-order valence-electron chi connectivity index (χ4n) is 3.78. The molecule has 12 heteroatoms. The molecule has 1 aliphatic rings. The molecule has 1 aliphatic carbocycles. The van der Waals surface area contributed by atoms with Crippen molar-refractivity contribution in [1.29, 1.82) is 0 Å². The second-order valence-corrected chi connectivity index (χ2v) is 8.51. The lowest BCUT2D eigenvalue weighted by Gasteiger charge is -2.30. The molecule has 3 aromatic rings. The van der Waals surface area contributed by atoms with Crippen LogP contribution in [0.4, 0.5) is 30.7 Å². The van der Waals surface area contributed by atoms with Crippen molar-refractivity contribution >= 4 is 5.91 Å². The van der Waals surface area contributed by atoms with Crippen LogP contribution < -0.4 is 0 Å². The lowest BCUT2D eigenvalue weighted by molar-refractivity contribution is -0.143. The number of nitrogens with zero attached hydrogens (tertiary/aromatic N) is 4. The van der Waals surface area contributed by atoms with Gasteiger partial charge in [-0.3, -0.25) is 4.79 Å². The predicted molar refractivity (Wildman–Crippen MR) is 114 cm³/mol. The van der Waals surface area contributed by atoms with Crippen LogP contribution in [0.5, 0.6) is 0 Å². The van der Waals surface area contributed by atoms with Crippen molar-refractivity contribution in [3.63, 3.8) is 0 Å². The van der Waals surface area contributed by atoms with Crippen LogP contribution in [-0.4, -0.2) is 32.3 Å². The molecule has 0 saturated heterocycles. The van der Waals surface area contributed by atoms with Gasteiger partial charge in [-0.2, -0.15) is 30.7 Å². The van der Waals surface area contributed by atoms with Crippen molar-refractivity contribution in [1.82, 2.24) is 19.9 Å². The van der Waals surface area contributed by atoms with E-state index in [1.54, 1.807) is 6.07 Å². The molecule has 190 valence electrons. The van der Waals surface area contributed by atoms with Gasteiger partial charge in [-0.05, 0) is 62.1 Å². The van der Waals surface area contributed by atoms with Crippen LogP contribution in [0.25, 0.3) is 11.4 Å². The first-order valence-corrected chi connectivity index (χ1v) is 10.9. The number of hydrogen-bond donors (Lipinski definition) is 0. The molecule has 2 aromatic heterocycles. The SMILES string of the molecule is CC(c1nc(F)ccc1-c1ncccn1)N(CC1CC1)C(=O)c1cc(C(F)(F)F)cc(C(F)(F)F)c1. The second-order valence-electron chi connectivity index (χ2n) is 8.51. The third-order valence-electron chi connectivity index (χ3n) is 5.81. The van der Waals surface area contributed by atoms with E-state index in [4.69, 9.17) is 0 Å². The average Bonchev–Trinajstić information content (AvgIpc) is 3.65. The van der Waals surface area contributed by atoms with Crippen molar-refractivity contribution in [3.05, 3.63) is 77.1 Å². The van der Waals surface area contributed by atoms with Crippen molar-refractivity contribution in [3.8, 4) is 11.4 Å². The molecule has 1 amide bonds. The Morgan fingerprint density at radius 1 is 1.00 bits per heavy atom. The second kappa shape index (κ2) is 9.47. The van der Waals surface area contributed by atoms with Gasteiger partial charge >= 0.3 is 12.4 Å². The van der Waals surface area contributed by atoms with E-state index in [2.05, 4.69) is 15.0 Å². The van der Waals surface area contributed by atoms with E-state index >= 15 is 0 Å². The van der Waals surface area contributed by atoms with Crippen molar-refractivity contribution in [2.45, 2.75) is 38.2 Å². The van der Waals surface area contributed by atoms with E-state index in [0.29, 0.717) is 12.1 Å². The quantitative estimate of drug-likeness (QED) is 0.286. The summed E-state index contributed by atoms with van der Waals surface area (Å²) in [5, 5.41) is 0. The van der Waals surface area contributed by atoms with Crippen LogP contribution in [0.2, 0.25) is 0 Å². The molecule has 5 nitrogen and oxygen atoms in total. The number of carbonyl (C=O) groups excluding carboxylic acids is 1. The van der Waals surface area contributed by atoms with Crippen LogP contribution in [0.1, 0.15) is 53.0 Å². The van der Waals surface area contributed by atoms with Gasteiger partial charge in [0.15, 0.2) is 5.82 Å². The first-order valence-electron chi connectivity index (χ1n) is 10.9. The van der Waals surface area contributed by atoms with E-state index in [-0.39, 0.29) is 35.6 Å². The fraction of sp³-hybridized carbons (Fsp3) is 0.333. The summed E-state index contributed by atoms with van der Waals surface area (Å²) in [6.07, 6.45) is -5.87. The third-order valence-corrected chi connectivity index (χ3v) is 5.81. The summed E-state index contributed by atoms with van der Waals surface area (Å²) >= 11 is 0. The molecule has 0 aliphatic heterocycles. The van der Waals surface area contributed by atoms with Crippen LogP contribution >= 0.6 is 0 Å². The largest absolute Gasteiger partial charge is 0.416 e. The first-order chi connectivity index (χ1) is 16.8. The highest BCUT2D eigenvalue weighted by molar-refractivity contribution is 5.95. The first kappa shape index (κ1) is 25.5. The zero-order chi connectivity index (χ0) is 26.3. The molecule has 4 rings (SSSR count). The summed E-state index contributed by atoms with van der Waals surface area (Å²) in [4.78, 5) is 26.7. The maximum atomic E-state index is 14.1. The summed E-state index contributed by atoms with van der Waals surface area (Å²) in [6.45, 7) is 1.53. The zero-order valence-corrected chi connectivity index (χ0v) is 18.7. The van der Waals surface area contributed by atoms with E-state index in [1.807, 2.05) is 0 Å². The maximum Gasteiger partial charge on any atom is 0.416 e. The number of pyridine rings is 1. The van der Waals surface area contributed by atoms with Crippen molar-refractivity contribution in [2.24, 2.45) is 5.92 Å². The molecule has 2 heterocycles. The Kier molecular flexibility index (Phi) is 6.72. The number of hydrogen-bond acceptors (Lipinski definition) is 4. The summed E-state index contributed by atoms with van der Waals surface area (Å²) in [7, 11) is 0. The molecule has 1 atom stereocenters. The van der Waals surface area contributed by atoms with Crippen molar-refractivity contribution in [2.75, 3.05) is 6.54 Å². The number of rotatable bonds is 6. The fourth-order valence-corrected chi connectivity index (χ4v) is 3.78. The van der Waals surface area contributed by atoms with E-state index in [0.717, 1.165) is 23.8 Å². The lowest BCUT2D eigenvalue weighted by atomic mass is 10.0. The maximum absolute atomic E-state index is 14.1. The number of aromatic nitrogens is 3. The molecule has 0 N–H and O–H groups in total. The molecule has 0 radical (unpaired) electrons. The van der Waals surface area contributed by atoms with E-state index in [9.17, 15) is 35.5 Å². The van der Waals surface area contributed by atoms with Crippen LogP contribution in [-0.2, 0) is 12.4 Å². The monoisotopic (exact) mass is 512 g/mol. The van der Waals surface area contributed by atoms with Gasteiger partial charge in [-0.15, -0.1) is 0 Å². The van der Waals surface area contributed by atoms with Crippen LogP contribution in [0.3, 0.4) is 0 Å². The molecular weight excluding hydrogens is 493 g/mol. The van der Waals surface area contributed by atoms with Gasteiger partial charge in [-0.25, -0.2) is 15.0 Å². The summed E-state index contributed by atoms with van der Waals surface area (Å²) in [5.41, 5.74) is -3.67. The third kappa shape index (κ3) is 5.63. The van der Waals surface area contributed by atoms with Crippen LogP contribution in [0.15, 0.2) is 48.8 Å². The Bertz CT molecular complexity index is 1230. The number of benzene rings is 1. The number of halogens is 7. The van der Waals surface area contributed by atoms with Gasteiger partial charge in [0.2, 0.25) is 5.95 Å². The normalized spacial score (nSPS) is 15.0. The smallest absolute Gasteiger partial charge is 0.330 e. The highest BCUT2D eigenvalue weighted by atomic mass is 19.4. The Morgan fingerprint density at radius 2 is 1.58 bits per heavy atom. The summed E-state index contributed by atoms with van der Waals surface area (Å²) in [5.74, 6) is -1.76. The van der Waals surface area contributed by atoms with Gasteiger partial charge in [0.1, 0.15) is 0 Å². The van der Waals surface area contributed by atoms with Crippen LogP contribution in [0, 0.1) is 11.9 Å². The van der Waals surface area contributed by atoms with E-state index < -0.39 is 46.9 Å². The molecule has 1 saturated carbocycles. The molecule has 0 spiro atoms. The Labute approximate surface area is 201 Å². The number of carbonyl (C=O) groups is 1. The molecule has 0 bridgehead atoms. The minimum absolute atomic E-state index is 0.00858. The Morgan fingerprint density at radius 3 is 2.11 bits per heavy atom. The molecule has 1 aromatic carbocycles.